The fourth-order valence-electron chi connectivity index (χ4n) is 2.31. The van der Waals surface area contributed by atoms with Crippen molar-refractivity contribution in [3.8, 4) is 0 Å². The molecule has 1 aliphatic rings. The quantitative estimate of drug-likeness (QED) is 0.879. The lowest BCUT2D eigenvalue weighted by molar-refractivity contribution is -0.123. The maximum absolute atomic E-state index is 12.6. The molecule has 1 aromatic carbocycles. The molecule has 0 aliphatic carbocycles. The molecule has 6 nitrogen and oxygen atoms in total. The molecule has 0 unspecified atom stereocenters. The molecule has 0 radical (unpaired) electrons. The molecule has 1 aromatic heterocycles. The molecule has 6 heteroatoms. The maximum Gasteiger partial charge on any atom is 0.276 e. The summed E-state index contributed by atoms with van der Waals surface area (Å²) >= 11 is 0. The summed E-state index contributed by atoms with van der Waals surface area (Å²) in [4.78, 5) is 28.0. The van der Waals surface area contributed by atoms with Crippen molar-refractivity contribution < 1.29 is 9.59 Å². The first kappa shape index (κ1) is 13.1. The van der Waals surface area contributed by atoms with E-state index in [1.807, 2.05) is 18.2 Å². The minimum absolute atomic E-state index is 0.256. The number of hydrogen-bond acceptors (Lipinski definition) is 4. The summed E-state index contributed by atoms with van der Waals surface area (Å²) in [5, 5.41) is 4.54. The lowest BCUT2D eigenvalue weighted by Gasteiger charge is -2.37. The van der Waals surface area contributed by atoms with Gasteiger partial charge in [-0.2, -0.15) is 0 Å². The van der Waals surface area contributed by atoms with Crippen molar-refractivity contribution in [1.29, 1.82) is 0 Å². The van der Waals surface area contributed by atoms with Crippen LogP contribution in [0, 0.1) is 0 Å². The van der Waals surface area contributed by atoms with Crippen LogP contribution in [0.25, 0.3) is 0 Å². The second-order valence-electron chi connectivity index (χ2n) is 4.72. The highest BCUT2D eigenvalue weighted by atomic mass is 16.2. The van der Waals surface area contributed by atoms with Crippen molar-refractivity contribution >= 4 is 17.5 Å². The summed E-state index contributed by atoms with van der Waals surface area (Å²) in [6.07, 6.45) is 2.82. The van der Waals surface area contributed by atoms with Crippen LogP contribution in [0.2, 0.25) is 0 Å². The summed E-state index contributed by atoms with van der Waals surface area (Å²) in [5.41, 5.74) is 4.62. The highest BCUT2D eigenvalue weighted by Gasteiger charge is 2.33. The van der Waals surface area contributed by atoms with Gasteiger partial charge in [-0.15, -0.1) is 0 Å². The second-order valence-corrected chi connectivity index (χ2v) is 4.72. The molecule has 0 spiro atoms. The summed E-state index contributed by atoms with van der Waals surface area (Å²) in [5.74, 6) is -0.563. The topological polar surface area (TPSA) is 74.3 Å². The van der Waals surface area contributed by atoms with Gasteiger partial charge in [0.05, 0.1) is 5.56 Å². The number of hydrogen-bond donors (Lipinski definition) is 2. The van der Waals surface area contributed by atoms with E-state index in [1.54, 1.807) is 30.6 Å². The number of carbonyl (C=O) groups is 2. The SMILES string of the molecule is CC(=O)NN1C(=O)c2ccccc2N[C@@H]1c1cccnc1. The first-order valence-corrected chi connectivity index (χ1v) is 6.53. The lowest BCUT2D eigenvalue weighted by Crippen LogP contribution is -2.52. The third-order valence-corrected chi connectivity index (χ3v) is 3.20. The Labute approximate surface area is 121 Å². The van der Waals surface area contributed by atoms with E-state index < -0.39 is 6.17 Å². The Bertz CT molecular complexity index is 687. The van der Waals surface area contributed by atoms with Crippen LogP contribution in [-0.4, -0.2) is 21.8 Å². The zero-order valence-electron chi connectivity index (χ0n) is 11.4. The number of para-hydroxylation sites is 1. The normalized spacial score (nSPS) is 16.9. The Morgan fingerprint density at radius 3 is 2.81 bits per heavy atom. The van der Waals surface area contributed by atoms with Gasteiger partial charge in [-0.25, -0.2) is 5.01 Å². The van der Waals surface area contributed by atoms with Crippen LogP contribution in [0.5, 0.6) is 0 Å². The van der Waals surface area contributed by atoms with Crippen LogP contribution >= 0.6 is 0 Å². The first-order chi connectivity index (χ1) is 10.2. The summed E-state index contributed by atoms with van der Waals surface area (Å²) in [6, 6.07) is 10.8. The molecule has 21 heavy (non-hydrogen) atoms. The number of rotatable bonds is 2. The van der Waals surface area contributed by atoms with E-state index >= 15 is 0 Å². The molecule has 2 heterocycles. The number of hydrazine groups is 1. The van der Waals surface area contributed by atoms with Crippen LogP contribution in [0.3, 0.4) is 0 Å². The van der Waals surface area contributed by atoms with Crippen LogP contribution in [0.15, 0.2) is 48.8 Å². The molecule has 106 valence electrons. The molecule has 0 fully saturated rings. The van der Waals surface area contributed by atoms with E-state index in [0.717, 1.165) is 11.3 Å². The number of pyridine rings is 1. The number of benzene rings is 1. The Kier molecular flexibility index (Phi) is 3.27. The Morgan fingerprint density at radius 2 is 2.10 bits per heavy atom. The number of nitrogens with one attached hydrogen (secondary N) is 2. The number of aromatic nitrogens is 1. The van der Waals surface area contributed by atoms with E-state index in [1.165, 1.54) is 11.9 Å². The number of carbonyl (C=O) groups excluding carboxylic acids is 2. The molecular formula is C15H14N4O2. The summed E-state index contributed by atoms with van der Waals surface area (Å²) < 4.78 is 0. The standard InChI is InChI=1S/C15H14N4O2/c1-10(20)18-19-14(11-5-4-8-16-9-11)17-13-7-3-2-6-12(13)15(19)21/h2-9,14,17H,1H3,(H,18,20)/t14-/m0/s1. The average Bonchev–Trinajstić information content (AvgIpc) is 2.50. The average molecular weight is 282 g/mol. The summed E-state index contributed by atoms with van der Waals surface area (Å²) in [7, 11) is 0. The van der Waals surface area contributed by atoms with Crippen molar-refractivity contribution in [3.63, 3.8) is 0 Å². The van der Waals surface area contributed by atoms with Gasteiger partial charge in [0.25, 0.3) is 5.91 Å². The van der Waals surface area contributed by atoms with Crippen molar-refractivity contribution in [1.82, 2.24) is 15.4 Å². The van der Waals surface area contributed by atoms with Gasteiger partial charge >= 0.3 is 0 Å². The Hall–Kier alpha value is -2.89. The van der Waals surface area contributed by atoms with Crippen molar-refractivity contribution in [2.24, 2.45) is 0 Å². The Morgan fingerprint density at radius 1 is 1.29 bits per heavy atom. The van der Waals surface area contributed by atoms with Crippen LogP contribution < -0.4 is 10.7 Å². The van der Waals surface area contributed by atoms with Gasteiger partial charge in [0.15, 0.2) is 0 Å². The molecule has 2 N–H and O–H groups in total. The zero-order chi connectivity index (χ0) is 14.8. The fraction of sp³-hybridized carbons (Fsp3) is 0.133. The van der Waals surface area contributed by atoms with E-state index in [-0.39, 0.29) is 11.8 Å². The van der Waals surface area contributed by atoms with E-state index in [2.05, 4.69) is 15.7 Å². The predicted octanol–water partition coefficient (Wildman–Crippen LogP) is 1.70. The highest BCUT2D eigenvalue weighted by Crippen LogP contribution is 2.31. The summed E-state index contributed by atoms with van der Waals surface area (Å²) in [6.45, 7) is 1.37. The first-order valence-electron chi connectivity index (χ1n) is 6.53. The number of amides is 2. The number of nitrogens with zero attached hydrogens (tertiary/aromatic N) is 2. The molecular weight excluding hydrogens is 268 g/mol. The van der Waals surface area contributed by atoms with Gasteiger partial charge in [-0.05, 0) is 18.2 Å². The predicted molar refractivity (Wildman–Crippen MR) is 77.0 cm³/mol. The third-order valence-electron chi connectivity index (χ3n) is 3.20. The Balaban J connectivity index is 2.05. The number of fused-ring (bicyclic) bond motifs is 1. The fourth-order valence-corrected chi connectivity index (χ4v) is 2.31. The van der Waals surface area contributed by atoms with Crippen molar-refractivity contribution in [3.05, 3.63) is 59.9 Å². The van der Waals surface area contributed by atoms with Crippen LogP contribution in [-0.2, 0) is 4.79 Å². The van der Waals surface area contributed by atoms with Crippen molar-refractivity contribution in [2.75, 3.05) is 5.32 Å². The molecule has 2 amide bonds. The molecule has 0 saturated carbocycles. The van der Waals surface area contributed by atoms with E-state index in [0.29, 0.717) is 5.56 Å². The second kappa shape index (κ2) is 5.24. The zero-order valence-corrected chi connectivity index (χ0v) is 11.4. The van der Waals surface area contributed by atoms with Gasteiger partial charge in [-0.3, -0.25) is 20.0 Å². The van der Waals surface area contributed by atoms with E-state index in [4.69, 9.17) is 0 Å². The number of anilines is 1. The van der Waals surface area contributed by atoms with Gasteiger partial charge in [0.2, 0.25) is 5.91 Å². The molecule has 0 saturated heterocycles. The molecule has 0 bridgehead atoms. The van der Waals surface area contributed by atoms with E-state index in [9.17, 15) is 9.59 Å². The minimum Gasteiger partial charge on any atom is -0.359 e. The minimum atomic E-state index is -0.495. The van der Waals surface area contributed by atoms with Gasteiger partial charge in [-0.1, -0.05) is 18.2 Å². The van der Waals surface area contributed by atoms with Gasteiger partial charge < -0.3 is 5.32 Å². The van der Waals surface area contributed by atoms with Crippen molar-refractivity contribution in [2.45, 2.75) is 13.1 Å². The van der Waals surface area contributed by atoms with Crippen LogP contribution in [0.1, 0.15) is 29.0 Å². The lowest BCUT2D eigenvalue weighted by atomic mass is 10.1. The van der Waals surface area contributed by atoms with Gasteiger partial charge in [0.1, 0.15) is 6.17 Å². The molecule has 2 aromatic rings. The smallest absolute Gasteiger partial charge is 0.276 e. The largest absolute Gasteiger partial charge is 0.359 e. The maximum atomic E-state index is 12.6. The molecule has 1 aliphatic heterocycles. The highest BCUT2D eigenvalue weighted by molar-refractivity contribution is 6.02. The van der Waals surface area contributed by atoms with Gasteiger partial charge in [0, 0.05) is 30.6 Å². The monoisotopic (exact) mass is 282 g/mol. The molecule has 1 atom stereocenters. The third kappa shape index (κ3) is 2.43. The van der Waals surface area contributed by atoms with Crippen LogP contribution in [0.4, 0.5) is 5.69 Å². The molecule has 3 rings (SSSR count).